The van der Waals surface area contributed by atoms with Crippen LogP contribution in [0.2, 0.25) is 0 Å². The monoisotopic (exact) mass is 272 g/mol. The molecule has 20 heavy (non-hydrogen) atoms. The number of benzene rings is 1. The number of hydrogen-bond acceptors (Lipinski definition) is 1. The van der Waals surface area contributed by atoms with E-state index in [1.165, 1.54) is 0 Å². The molecule has 0 saturated carbocycles. The Morgan fingerprint density at radius 2 is 1.80 bits per heavy atom. The van der Waals surface area contributed by atoms with Crippen molar-refractivity contribution in [3.63, 3.8) is 0 Å². The molecule has 2 aromatic rings. The summed E-state index contributed by atoms with van der Waals surface area (Å²) in [7, 11) is 0. The lowest BCUT2D eigenvalue weighted by atomic mass is 9.88. The Labute approximate surface area is 120 Å². The summed E-state index contributed by atoms with van der Waals surface area (Å²) in [5.41, 5.74) is 2.92. The van der Waals surface area contributed by atoms with Gasteiger partial charge >= 0.3 is 0 Å². The molecule has 0 aliphatic rings. The predicted molar refractivity (Wildman–Crippen MR) is 83.7 cm³/mol. The highest BCUT2D eigenvalue weighted by Gasteiger charge is 2.24. The van der Waals surface area contributed by atoms with Gasteiger partial charge in [0.05, 0.1) is 5.69 Å². The first kappa shape index (κ1) is 14.6. The minimum atomic E-state index is -0.0533. The molecule has 0 spiro atoms. The highest BCUT2D eigenvalue weighted by Crippen LogP contribution is 2.24. The molecule has 108 valence electrons. The Bertz CT molecular complexity index is 615. The maximum Gasteiger partial charge on any atom is 0.274 e. The van der Waals surface area contributed by atoms with Crippen LogP contribution in [0.4, 0.5) is 0 Å². The molecule has 1 aromatic heterocycles. The van der Waals surface area contributed by atoms with E-state index in [0.717, 1.165) is 36.2 Å². The number of hydrogen-bond donors (Lipinski definition) is 1. The minimum absolute atomic E-state index is 0.0533. The molecule has 0 aliphatic carbocycles. The first-order valence-electron chi connectivity index (χ1n) is 7.35. The summed E-state index contributed by atoms with van der Waals surface area (Å²) in [6, 6.07) is 9.76. The summed E-state index contributed by atoms with van der Waals surface area (Å²) < 4.78 is 1.67. The molecule has 0 bridgehead atoms. The third-order valence-electron chi connectivity index (χ3n) is 3.53. The number of unbranched alkanes of at least 4 members (excludes halogenated alkanes) is 1. The molecule has 1 aromatic carbocycles. The van der Waals surface area contributed by atoms with E-state index in [2.05, 4.69) is 32.8 Å². The van der Waals surface area contributed by atoms with Gasteiger partial charge in [-0.15, -0.1) is 0 Å². The molecule has 3 heteroatoms. The number of H-pyrrole nitrogens is 1. The number of aromatic amines is 1. The molecule has 0 fully saturated rings. The molecule has 3 nitrogen and oxygen atoms in total. The fourth-order valence-corrected chi connectivity index (χ4v) is 2.44. The number of rotatable bonds is 4. The molecule has 1 N–H and O–H groups in total. The van der Waals surface area contributed by atoms with Crippen LogP contribution >= 0.6 is 0 Å². The summed E-state index contributed by atoms with van der Waals surface area (Å²) in [5.74, 6) is 0. The number of aromatic nitrogens is 2. The largest absolute Gasteiger partial charge is 0.294 e. The molecule has 2 rings (SSSR count). The number of nitrogens with zero attached hydrogens (tertiary/aromatic N) is 1. The molecular formula is C17H24N2O. The van der Waals surface area contributed by atoms with Gasteiger partial charge < -0.3 is 0 Å². The van der Waals surface area contributed by atoms with Crippen LogP contribution in [0, 0.1) is 0 Å². The normalized spacial score (nSPS) is 11.8. The molecule has 0 atom stereocenters. The second-order valence-electron chi connectivity index (χ2n) is 6.30. The first-order valence-corrected chi connectivity index (χ1v) is 7.35. The molecular weight excluding hydrogens is 248 g/mol. The minimum Gasteiger partial charge on any atom is -0.294 e. The van der Waals surface area contributed by atoms with Gasteiger partial charge in [0, 0.05) is 16.7 Å². The van der Waals surface area contributed by atoms with Gasteiger partial charge in [-0.25, -0.2) is 4.68 Å². The zero-order chi connectivity index (χ0) is 14.8. The second kappa shape index (κ2) is 5.70. The van der Waals surface area contributed by atoms with Gasteiger partial charge in [0.1, 0.15) is 0 Å². The van der Waals surface area contributed by atoms with Gasteiger partial charge in [-0.05, 0) is 25.0 Å². The second-order valence-corrected chi connectivity index (χ2v) is 6.30. The van der Waals surface area contributed by atoms with E-state index in [-0.39, 0.29) is 11.0 Å². The molecule has 0 aliphatic heterocycles. The van der Waals surface area contributed by atoms with E-state index >= 15 is 0 Å². The summed E-state index contributed by atoms with van der Waals surface area (Å²) in [4.78, 5) is 12.7. The molecule has 0 unspecified atom stereocenters. The lowest BCUT2D eigenvalue weighted by Crippen LogP contribution is -2.18. The average Bonchev–Trinajstić information content (AvgIpc) is 2.74. The van der Waals surface area contributed by atoms with Gasteiger partial charge in [0.2, 0.25) is 0 Å². The average molecular weight is 272 g/mol. The zero-order valence-corrected chi connectivity index (χ0v) is 12.9. The van der Waals surface area contributed by atoms with Gasteiger partial charge in [0.25, 0.3) is 5.56 Å². The molecule has 1 heterocycles. The van der Waals surface area contributed by atoms with Crippen LogP contribution in [-0.2, 0) is 11.8 Å². The van der Waals surface area contributed by atoms with Crippen LogP contribution in [0.1, 0.15) is 51.8 Å². The Balaban J connectivity index is 2.56. The van der Waals surface area contributed by atoms with E-state index in [9.17, 15) is 4.79 Å². The van der Waals surface area contributed by atoms with E-state index in [0.29, 0.717) is 0 Å². The summed E-state index contributed by atoms with van der Waals surface area (Å²) in [6.45, 7) is 8.58. The lowest BCUT2D eigenvalue weighted by molar-refractivity contribution is 0.552. The SMILES string of the molecule is CCCCc1c(C(C)(C)C)[nH]n(-c2ccccc2)c1=O. The van der Waals surface area contributed by atoms with Gasteiger partial charge in [-0.1, -0.05) is 52.3 Å². The van der Waals surface area contributed by atoms with Crippen molar-refractivity contribution in [2.75, 3.05) is 0 Å². The summed E-state index contributed by atoms with van der Waals surface area (Å²) >= 11 is 0. The molecule has 0 saturated heterocycles. The van der Waals surface area contributed by atoms with Crippen molar-refractivity contribution in [1.29, 1.82) is 0 Å². The maximum atomic E-state index is 12.7. The van der Waals surface area contributed by atoms with Crippen LogP contribution in [-0.4, -0.2) is 9.78 Å². The summed E-state index contributed by atoms with van der Waals surface area (Å²) in [5, 5.41) is 3.32. The van der Waals surface area contributed by atoms with Crippen molar-refractivity contribution in [3.05, 3.63) is 51.9 Å². The van der Waals surface area contributed by atoms with Crippen molar-refractivity contribution in [1.82, 2.24) is 9.78 Å². The highest BCUT2D eigenvalue weighted by molar-refractivity contribution is 5.34. The van der Waals surface area contributed by atoms with Crippen LogP contribution in [0.25, 0.3) is 5.69 Å². The van der Waals surface area contributed by atoms with E-state index in [4.69, 9.17) is 0 Å². The van der Waals surface area contributed by atoms with Crippen LogP contribution in [0.5, 0.6) is 0 Å². The standard InChI is InChI=1S/C17H24N2O/c1-5-6-12-14-15(17(2,3)4)18-19(16(14)20)13-10-8-7-9-11-13/h7-11,18H,5-6,12H2,1-4H3. The topological polar surface area (TPSA) is 37.8 Å². The fraction of sp³-hybridized carbons (Fsp3) is 0.471. The zero-order valence-electron chi connectivity index (χ0n) is 12.9. The van der Waals surface area contributed by atoms with E-state index < -0.39 is 0 Å². The van der Waals surface area contributed by atoms with E-state index in [1.54, 1.807) is 4.68 Å². The fourth-order valence-electron chi connectivity index (χ4n) is 2.44. The molecule has 0 amide bonds. The van der Waals surface area contributed by atoms with Crippen LogP contribution < -0.4 is 5.56 Å². The van der Waals surface area contributed by atoms with Crippen molar-refractivity contribution >= 4 is 0 Å². The first-order chi connectivity index (χ1) is 9.45. The smallest absolute Gasteiger partial charge is 0.274 e. The van der Waals surface area contributed by atoms with E-state index in [1.807, 2.05) is 30.3 Å². The van der Waals surface area contributed by atoms with Crippen molar-refractivity contribution in [2.45, 2.75) is 52.4 Å². The Morgan fingerprint density at radius 1 is 1.15 bits per heavy atom. The Kier molecular flexibility index (Phi) is 4.17. The van der Waals surface area contributed by atoms with Gasteiger partial charge in [-0.3, -0.25) is 9.89 Å². The lowest BCUT2D eigenvalue weighted by Gasteiger charge is -2.18. The highest BCUT2D eigenvalue weighted by atomic mass is 16.1. The number of para-hydroxylation sites is 1. The summed E-state index contributed by atoms with van der Waals surface area (Å²) in [6.07, 6.45) is 2.99. The van der Waals surface area contributed by atoms with Crippen LogP contribution in [0.3, 0.4) is 0 Å². The molecule has 0 radical (unpaired) electrons. The third-order valence-corrected chi connectivity index (χ3v) is 3.53. The predicted octanol–water partition coefficient (Wildman–Crippen LogP) is 3.81. The quantitative estimate of drug-likeness (QED) is 0.903. The third kappa shape index (κ3) is 2.87. The van der Waals surface area contributed by atoms with Crippen molar-refractivity contribution in [2.24, 2.45) is 0 Å². The van der Waals surface area contributed by atoms with Crippen molar-refractivity contribution < 1.29 is 0 Å². The van der Waals surface area contributed by atoms with Gasteiger partial charge in [-0.2, -0.15) is 0 Å². The van der Waals surface area contributed by atoms with Crippen LogP contribution in [0.15, 0.2) is 35.1 Å². The van der Waals surface area contributed by atoms with Crippen molar-refractivity contribution in [3.8, 4) is 5.69 Å². The number of nitrogens with one attached hydrogen (secondary N) is 1. The Morgan fingerprint density at radius 3 is 2.35 bits per heavy atom. The Hall–Kier alpha value is -1.77. The maximum absolute atomic E-state index is 12.7. The van der Waals surface area contributed by atoms with Gasteiger partial charge in [0.15, 0.2) is 0 Å².